The summed E-state index contributed by atoms with van der Waals surface area (Å²) in [5.41, 5.74) is 4.58. The van der Waals surface area contributed by atoms with Crippen molar-refractivity contribution in [3.63, 3.8) is 0 Å². The molecule has 0 saturated heterocycles. The van der Waals surface area contributed by atoms with E-state index in [1.807, 2.05) is 55.7 Å². The molecule has 2 aromatic carbocycles. The Morgan fingerprint density at radius 3 is 2.32 bits per heavy atom. The molecule has 6 heteroatoms. The van der Waals surface area contributed by atoms with E-state index < -0.39 is 9.84 Å². The van der Waals surface area contributed by atoms with Gasteiger partial charge >= 0.3 is 0 Å². The molecule has 0 N–H and O–H groups in total. The number of ketones is 1. The lowest BCUT2D eigenvalue weighted by molar-refractivity contribution is 0.0921. The second-order valence-electron chi connectivity index (χ2n) is 6.91. The Morgan fingerprint density at radius 2 is 1.68 bits per heavy atom. The van der Waals surface area contributed by atoms with Crippen molar-refractivity contribution < 1.29 is 17.9 Å². The summed E-state index contributed by atoms with van der Waals surface area (Å²) in [6, 6.07) is 16.1. The first-order chi connectivity index (χ1) is 13.2. The zero-order valence-corrected chi connectivity index (χ0v) is 17.2. The highest BCUT2D eigenvalue weighted by Gasteiger charge is 2.17. The molecule has 28 heavy (non-hydrogen) atoms. The molecule has 0 amide bonds. The van der Waals surface area contributed by atoms with Crippen LogP contribution >= 0.6 is 0 Å². The first kappa shape index (κ1) is 19.9. The lowest BCUT2D eigenvalue weighted by atomic mass is 10.1. The van der Waals surface area contributed by atoms with Crippen LogP contribution in [0.4, 0.5) is 0 Å². The number of rotatable bonds is 6. The Kier molecular flexibility index (Phi) is 5.42. The van der Waals surface area contributed by atoms with Crippen molar-refractivity contribution in [2.75, 3.05) is 12.9 Å². The Labute approximate surface area is 165 Å². The highest BCUT2D eigenvalue weighted by Crippen LogP contribution is 2.22. The van der Waals surface area contributed by atoms with Gasteiger partial charge in [0.15, 0.2) is 16.4 Å². The summed E-state index contributed by atoms with van der Waals surface area (Å²) < 4.78 is 30.9. The molecule has 5 nitrogen and oxygen atoms in total. The fourth-order valence-corrected chi connectivity index (χ4v) is 3.81. The van der Waals surface area contributed by atoms with Crippen molar-refractivity contribution in [3.05, 3.63) is 77.1 Å². The van der Waals surface area contributed by atoms with Gasteiger partial charge in [0, 0.05) is 28.9 Å². The predicted octanol–water partition coefficient (Wildman–Crippen LogP) is 4.07. The molecule has 0 radical (unpaired) electrons. The molecular formula is C22H23NO4S. The second-order valence-corrected chi connectivity index (χ2v) is 8.93. The highest BCUT2D eigenvalue weighted by molar-refractivity contribution is 7.90. The van der Waals surface area contributed by atoms with Crippen molar-refractivity contribution >= 4 is 15.6 Å². The number of carbonyl (C=O) groups is 1. The first-order valence-corrected chi connectivity index (χ1v) is 10.8. The molecule has 0 aliphatic rings. The SMILES string of the molecule is Cc1ccc(-n2c(C)cc(C(=O)COc3cccc(S(C)(=O)=O)c3)c2C)cc1. The number of ether oxygens (including phenoxy) is 1. The fraction of sp³-hybridized carbons (Fsp3) is 0.227. The number of Topliss-reactive ketones (excluding diaryl/α,β-unsaturated/α-hetero) is 1. The van der Waals surface area contributed by atoms with Crippen LogP contribution in [0.5, 0.6) is 5.75 Å². The molecule has 0 aliphatic carbocycles. The molecule has 1 aromatic heterocycles. The van der Waals surface area contributed by atoms with E-state index in [1.54, 1.807) is 12.1 Å². The molecule has 3 rings (SSSR count). The maximum absolute atomic E-state index is 12.7. The third kappa shape index (κ3) is 4.17. The van der Waals surface area contributed by atoms with Crippen LogP contribution in [0.25, 0.3) is 5.69 Å². The van der Waals surface area contributed by atoms with Gasteiger partial charge < -0.3 is 9.30 Å². The van der Waals surface area contributed by atoms with Crippen molar-refractivity contribution in [2.45, 2.75) is 25.7 Å². The van der Waals surface area contributed by atoms with E-state index in [2.05, 4.69) is 0 Å². The largest absolute Gasteiger partial charge is 0.485 e. The molecule has 0 spiro atoms. The molecule has 0 aliphatic heterocycles. The zero-order valence-electron chi connectivity index (χ0n) is 16.4. The lowest BCUT2D eigenvalue weighted by Crippen LogP contribution is -2.13. The van der Waals surface area contributed by atoms with Crippen molar-refractivity contribution in [3.8, 4) is 11.4 Å². The second kappa shape index (κ2) is 7.64. The van der Waals surface area contributed by atoms with Gasteiger partial charge in [-0.2, -0.15) is 0 Å². The normalized spacial score (nSPS) is 11.4. The Balaban J connectivity index is 1.81. The standard InChI is InChI=1S/C22H23NO4S/c1-15-8-10-18(11-9-15)23-16(2)12-21(17(23)3)22(24)14-27-19-6-5-7-20(13-19)28(4,25)26/h5-13H,14H2,1-4H3. The van der Waals surface area contributed by atoms with Crippen LogP contribution in [0.2, 0.25) is 0 Å². The van der Waals surface area contributed by atoms with Crippen molar-refractivity contribution in [1.82, 2.24) is 4.57 Å². The third-order valence-electron chi connectivity index (χ3n) is 4.63. The maximum atomic E-state index is 12.7. The van der Waals surface area contributed by atoms with Crippen LogP contribution < -0.4 is 4.74 Å². The first-order valence-electron chi connectivity index (χ1n) is 8.89. The van der Waals surface area contributed by atoms with E-state index in [9.17, 15) is 13.2 Å². The van der Waals surface area contributed by atoms with Crippen molar-refractivity contribution in [1.29, 1.82) is 0 Å². The van der Waals surface area contributed by atoms with Gasteiger partial charge in [-0.3, -0.25) is 4.79 Å². The molecule has 146 valence electrons. The summed E-state index contributed by atoms with van der Waals surface area (Å²) in [4.78, 5) is 12.9. The quantitative estimate of drug-likeness (QED) is 0.588. The van der Waals surface area contributed by atoms with Gasteiger partial charge in [-0.1, -0.05) is 23.8 Å². The predicted molar refractivity (Wildman–Crippen MR) is 109 cm³/mol. The summed E-state index contributed by atoms with van der Waals surface area (Å²) in [5, 5.41) is 0. The average molecular weight is 397 g/mol. The van der Waals surface area contributed by atoms with Gasteiger partial charge in [0.1, 0.15) is 5.75 Å². The number of sulfone groups is 1. The van der Waals surface area contributed by atoms with Crippen LogP contribution in [0.3, 0.4) is 0 Å². The Bertz CT molecular complexity index is 1130. The zero-order chi connectivity index (χ0) is 20.5. The smallest absolute Gasteiger partial charge is 0.202 e. The maximum Gasteiger partial charge on any atom is 0.202 e. The van der Waals surface area contributed by atoms with E-state index in [0.717, 1.165) is 23.3 Å². The van der Waals surface area contributed by atoms with Gasteiger partial charge in [0.25, 0.3) is 0 Å². The highest BCUT2D eigenvalue weighted by atomic mass is 32.2. The van der Waals surface area contributed by atoms with E-state index >= 15 is 0 Å². The summed E-state index contributed by atoms with van der Waals surface area (Å²) in [7, 11) is -3.33. The van der Waals surface area contributed by atoms with E-state index in [1.165, 1.54) is 17.7 Å². The Morgan fingerprint density at radius 1 is 1.00 bits per heavy atom. The molecule has 0 unspecified atom stereocenters. The summed E-state index contributed by atoms with van der Waals surface area (Å²) in [6.07, 6.45) is 1.14. The summed E-state index contributed by atoms with van der Waals surface area (Å²) in [6.45, 7) is 5.74. The molecule has 0 atom stereocenters. The minimum absolute atomic E-state index is 0.156. The molecule has 3 aromatic rings. The van der Waals surface area contributed by atoms with Crippen LogP contribution in [0.1, 0.15) is 27.3 Å². The number of aryl methyl sites for hydroxylation is 2. The lowest BCUT2D eigenvalue weighted by Gasteiger charge is -2.10. The number of nitrogens with zero attached hydrogens (tertiary/aromatic N) is 1. The summed E-state index contributed by atoms with van der Waals surface area (Å²) >= 11 is 0. The van der Waals surface area contributed by atoms with Gasteiger partial charge in [0.05, 0.1) is 4.90 Å². The van der Waals surface area contributed by atoms with Crippen LogP contribution in [-0.4, -0.2) is 31.6 Å². The number of hydrogen-bond donors (Lipinski definition) is 0. The minimum Gasteiger partial charge on any atom is -0.485 e. The average Bonchev–Trinajstić information content (AvgIpc) is 2.94. The molecular weight excluding hydrogens is 374 g/mol. The molecule has 0 fully saturated rings. The third-order valence-corrected chi connectivity index (χ3v) is 5.74. The Hall–Kier alpha value is -2.86. The molecule has 0 saturated carbocycles. The van der Waals surface area contributed by atoms with Crippen molar-refractivity contribution in [2.24, 2.45) is 0 Å². The number of carbonyl (C=O) groups excluding carboxylic acids is 1. The van der Waals surface area contributed by atoms with Gasteiger partial charge in [-0.05, 0) is 57.2 Å². The fourth-order valence-electron chi connectivity index (χ4n) is 3.16. The topological polar surface area (TPSA) is 65.4 Å². The molecule has 1 heterocycles. The molecule has 0 bridgehead atoms. The van der Waals surface area contributed by atoms with Crippen LogP contribution in [0, 0.1) is 20.8 Å². The number of hydrogen-bond acceptors (Lipinski definition) is 4. The van der Waals surface area contributed by atoms with Gasteiger partial charge in [-0.25, -0.2) is 8.42 Å². The van der Waals surface area contributed by atoms with Gasteiger partial charge in [-0.15, -0.1) is 0 Å². The number of benzene rings is 2. The van der Waals surface area contributed by atoms with E-state index in [0.29, 0.717) is 11.3 Å². The van der Waals surface area contributed by atoms with Gasteiger partial charge in [0.2, 0.25) is 5.78 Å². The summed E-state index contributed by atoms with van der Waals surface area (Å²) in [5.74, 6) is 0.194. The van der Waals surface area contributed by atoms with Crippen LogP contribution in [-0.2, 0) is 9.84 Å². The number of aromatic nitrogens is 1. The monoisotopic (exact) mass is 397 g/mol. The van der Waals surface area contributed by atoms with E-state index in [-0.39, 0.29) is 17.3 Å². The minimum atomic E-state index is -3.33. The van der Waals surface area contributed by atoms with Crippen LogP contribution in [0.15, 0.2) is 59.5 Å². The van der Waals surface area contributed by atoms with E-state index in [4.69, 9.17) is 4.74 Å².